The van der Waals surface area contributed by atoms with Crippen LogP contribution in [0.1, 0.15) is 16.5 Å². The van der Waals surface area contributed by atoms with Crippen molar-refractivity contribution in [3.63, 3.8) is 0 Å². The zero-order valence-corrected chi connectivity index (χ0v) is 15.2. The molecule has 0 amide bonds. The maximum atomic E-state index is 6.28. The van der Waals surface area contributed by atoms with E-state index in [0.717, 1.165) is 16.5 Å². The minimum atomic E-state index is 0.160. The van der Waals surface area contributed by atoms with Gasteiger partial charge in [-0.1, -0.05) is 11.6 Å². The molecule has 1 atom stereocenters. The van der Waals surface area contributed by atoms with E-state index in [1.807, 2.05) is 19.2 Å². The molecule has 2 rings (SSSR count). The van der Waals surface area contributed by atoms with Crippen LogP contribution in [0.4, 0.5) is 0 Å². The monoisotopic (exact) mass is 389 g/mol. The summed E-state index contributed by atoms with van der Waals surface area (Å²) >= 11 is 11.5. The molecule has 0 spiro atoms. The van der Waals surface area contributed by atoms with Crippen LogP contribution in [-0.4, -0.2) is 21.3 Å². The molecule has 2 aromatic rings. The molecule has 114 valence electrons. The second kappa shape index (κ2) is 7.49. The summed E-state index contributed by atoms with van der Waals surface area (Å²) in [6, 6.07) is 6.19. The summed E-state index contributed by atoms with van der Waals surface area (Å²) in [5.74, 6) is 1.21. The highest BCUT2D eigenvalue weighted by Crippen LogP contribution is 2.38. The zero-order chi connectivity index (χ0) is 15.4. The van der Waals surface area contributed by atoms with Gasteiger partial charge in [0.25, 0.3) is 0 Å². The van der Waals surface area contributed by atoms with Gasteiger partial charge in [0.05, 0.1) is 19.2 Å². The summed E-state index contributed by atoms with van der Waals surface area (Å²) in [4.78, 5) is 1.30. The third-order valence-corrected chi connectivity index (χ3v) is 5.23. The van der Waals surface area contributed by atoms with Crippen molar-refractivity contribution in [2.75, 3.05) is 21.3 Å². The van der Waals surface area contributed by atoms with Crippen LogP contribution in [0.2, 0.25) is 5.02 Å². The number of hydrogen-bond donors (Lipinski definition) is 1. The maximum absolute atomic E-state index is 6.28. The van der Waals surface area contributed by atoms with E-state index in [9.17, 15) is 0 Å². The van der Waals surface area contributed by atoms with Crippen molar-refractivity contribution < 1.29 is 9.47 Å². The predicted octanol–water partition coefficient (Wildman–Crippen LogP) is 4.68. The minimum absolute atomic E-state index is 0.160. The Labute approximate surface area is 142 Å². The molecule has 0 saturated heterocycles. The van der Waals surface area contributed by atoms with Crippen LogP contribution in [0.15, 0.2) is 28.1 Å². The van der Waals surface area contributed by atoms with Crippen molar-refractivity contribution in [2.45, 2.75) is 12.5 Å². The van der Waals surface area contributed by atoms with E-state index in [1.165, 1.54) is 4.88 Å². The molecule has 0 saturated carbocycles. The number of likely N-dealkylation sites (N-methyl/N-ethyl adjacent to an activating group) is 1. The summed E-state index contributed by atoms with van der Waals surface area (Å²) in [5.41, 5.74) is 1.07. The molecule has 3 nitrogen and oxygen atoms in total. The van der Waals surface area contributed by atoms with E-state index in [2.05, 4.69) is 32.7 Å². The normalized spacial score (nSPS) is 12.2. The molecule has 1 aromatic carbocycles. The van der Waals surface area contributed by atoms with Crippen LogP contribution in [0.25, 0.3) is 0 Å². The van der Waals surface area contributed by atoms with Gasteiger partial charge < -0.3 is 14.8 Å². The fourth-order valence-corrected chi connectivity index (χ4v) is 3.98. The Hall–Kier alpha value is -0.750. The molecular formula is C15H17BrClNO2S. The Kier molecular flexibility index (Phi) is 5.93. The average molecular weight is 391 g/mol. The molecule has 0 bridgehead atoms. The molecule has 21 heavy (non-hydrogen) atoms. The Balaban J connectivity index is 2.31. The second-order valence-electron chi connectivity index (χ2n) is 4.51. The molecule has 1 N–H and O–H groups in total. The molecule has 6 heteroatoms. The second-order valence-corrected chi connectivity index (χ2v) is 6.83. The van der Waals surface area contributed by atoms with Crippen molar-refractivity contribution in [1.82, 2.24) is 5.32 Å². The summed E-state index contributed by atoms with van der Waals surface area (Å²) in [6.07, 6.45) is 0.887. The highest BCUT2D eigenvalue weighted by molar-refractivity contribution is 9.10. The van der Waals surface area contributed by atoms with Crippen LogP contribution in [0.5, 0.6) is 11.5 Å². The Morgan fingerprint density at radius 1 is 1.29 bits per heavy atom. The van der Waals surface area contributed by atoms with Gasteiger partial charge in [-0.2, -0.15) is 0 Å². The zero-order valence-electron chi connectivity index (χ0n) is 12.1. The van der Waals surface area contributed by atoms with E-state index in [-0.39, 0.29) is 6.04 Å². The molecule has 0 radical (unpaired) electrons. The molecule has 0 aliphatic rings. The lowest BCUT2D eigenvalue weighted by Gasteiger charge is -2.19. The summed E-state index contributed by atoms with van der Waals surface area (Å²) < 4.78 is 11.8. The van der Waals surface area contributed by atoms with Gasteiger partial charge >= 0.3 is 0 Å². The lowest BCUT2D eigenvalue weighted by Crippen LogP contribution is -2.18. The van der Waals surface area contributed by atoms with Gasteiger partial charge in [0.1, 0.15) is 0 Å². The first-order valence-corrected chi connectivity index (χ1v) is 8.45. The first-order valence-electron chi connectivity index (χ1n) is 6.40. The fraction of sp³-hybridized carbons (Fsp3) is 0.333. The topological polar surface area (TPSA) is 30.5 Å². The lowest BCUT2D eigenvalue weighted by molar-refractivity contribution is 0.354. The smallest absolute Gasteiger partial charge is 0.179 e. The Morgan fingerprint density at radius 2 is 2.05 bits per heavy atom. The highest BCUT2D eigenvalue weighted by atomic mass is 79.9. The molecule has 0 fully saturated rings. The quantitative estimate of drug-likeness (QED) is 0.776. The number of rotatable bonds is 6. The van der Waals surface area contributed by atoms with Gasteiger partial charge in [-0.25, -0.2) is 0 Å². The van der Waals surface area contributed by atoms with Gasteiger partial charge in [0, 0.05) is 27.2 Å². The number of benzene rings is 1. The van der Waals surface area contributed by atoms with Gasteiger partial charge in [0.15, 0.2) is 11.5 Å². The molecular weight excluding hydrogens is 374 g/mol. The number of halogens is 2. The molecule has 1 heterocycles. The number of ether oxygens (including phenoxy) is 2. The number of thiophene rings is 1. The van der Waals surface area contributed by atoms with E-state index in [0.29, 0.717) is 16.5 Å². The highest BCUT2D eigenvalue weighted by Gasteiger charge is 2.17. The van der Waals surface area contributed by atoms with Crippen molar-refractivity contribution in [3.8, 4) is 11.5 Å². The van der Waals surface area contributed by atoms with Crippen LogP contribution in [-0.2, 0) is 6.42 Å². The number of nitrogens with one attached hydrogen (secondary N) is 1. The Bertz CT molecular complexity index is 618. The summed E-state index contributed by atoms with van der Waals surface area (Å²) in [6.45, 7) is 0. The minimum Gasteiger partial charge on any atom is -0.493 e. The number of hydrogen-bond acceptors (Lipinski definition) is 4. The van der Waals surface area contributed by atoms with Gasteiger partial charge in [-0.05, 0) is 46.7 Å². The van der Waals surface area contributed by atoms with Crippen LogP contribution < -0.4 is 14.8 Å². The van der Waals surface area contributed by atoms with Crippen LogP contribution >= 0.6 is 38.9 Å². The van der Waals surface area contributed by atoms with Gasteiger partial charge in [-0.3, -0.25) is 0 Å². The van der Waals surface area contributed by atoms with Crippen molar-refractivity contribution >= 4 is 38.9 Å². The molecule has 1 aromatic heterocycles. The predicted molar refractivity (Wildman–Crippen MR) is 92.1 cm³/mol. The fourth-order valence-electron chi connectivity index (χ4n) is 2.19. The molecule has 1 unspecified atom stereocenters. The first-order chi connectivity index (χ1) is 10.1. The standard InChI is InChI=1S/C15H17BrClNO2S/c1-18-13(7-11-6-10(16)8-21-11)9-4-12(17)15(20-3)14(5-9)19-2/h4-6,8,13,18H,7H2,1-3H3. The van der Waals surface area contributed by atoms with E-state index in [1.54, 1.807) is 25.6 Å². The summed E-state index contributed by atoms with van der Waals surface area (Å²) in [5, 5.41) is 5.97. The van der Waals surface area contributed by atoms with Crippen molar-refractivity contribution in [1.29, 1.82) is 0 Å². The van der Waals surface area contributed by atoms with Crippen molar-refractivity contribution in [3.05, 3.63) is 43.5 Å². The lowest BCUT2D eigenvalue weighted by atomic mass is 10.0. The van der Waals surface area contributed by atoms with E-state index in [4.69, 9.17) is 21.1 Å². The largest absolute Gasteiger partial charge is 0.493 e. The van der Waals surface area contributed by atoms with E-state index >= 15 is 0 Å². The van der Waals surface area contributed by atoms with Gasteiger partial charge in [-0.15, -0.1) is 11.3 Å². The van der Waals surface area contributed by atoms with Gasteiger partial charge in [0.2, 0.25) is 0 Å². The molecule has 0 aliphatic carbocycles. The third kappa shape index (κ3) is 3.92. The maximum Gasteiger partial charge on any atom is 0.179 e. The van der Waals surface area contributed by atoms with Crippen molar-refractivity contribution in [2.24, 2.45) is 0 Å². The van der Waals surface area contributed by atoms with Crippen LogP contribution in [0, 0.1) is 0 Å². The van der Waals surface area contributed by atoms with Crippen LogP contribution in [0.3, 0.4) is 0 Å². The average Bonchev–Trinajstić information content (AvgIpc) is 2.89. The Morgan fingerprint density at radius 3 is 2.57 bits per heavy atom. The number of methoxy groups -OCH3 is 2. The molecule has 0 aliphatic heterocycles. The SMILES string of the molecule is CNC(Cc1cc(Br)cs1)c1cc(Cl)c(OC)c(OC)c1. The van der Waals surface area contributed by atoms with E-state index < -0.39 is 0 Å². The summed E-state index contributed by atoms with van der Waals surface area (Å²) in [7, 11) is 5.14. The third-order valence-electron chi connectivity index (χ3n) is 3.23. The first kappa shape index (κ1) is 16.6.